The summed E-state index contributed by atoms with van der Waals surface area (Å²) in [6, 6.07) is 9.06. The number of rotatable bonds is 3. The Morgan fingerprint density at radius 3 is 2.38 bits per heavy atom. The first-order valence-corrected chi connectivity index (χ1v) is 9.79. The molecule has 0 radical (unpaired) electrons. The van der Waals surface area contributed by atoms with Crippen molar-refractivity contribution in [1.29, 1.82) is 0 Å². The van der Waals surface area contributed by atoms with E-state index in [1.54, 1.807) is 11.1 Å². The molecular weight excluding hydrogens is 322 g/mol. The van der Waals surface area contributed by atoms with Gasteiger partial charge in [0.15, 0.2) is 0 Å². The van der Waals surface area contributed by atoms with Crippen molar-refractivity contribution in [3.05, 3.63) is 35.4 Å². The maximum atomic E-state index is 3.85. The van der Waals surface area contributed by atoms with E-state index in [0.29, 0.717) is 5.41 Å². The predicted octanol–water partition coefficient (Wildman–Crippen LogP) is 5.17. The Morgan fingerprint density at radius 2 is 1.67 bits per heavy atom. The summed E-state index contributed by atoms with van der Waals surface area (Å²) >= 11 is 3.85. The molecule has 1 aromatic rings. The van der Waals surface area contributed by atoms with Crippen LogP contribution in [-0.2, 0) is 13.0 Å². The number of alkyl halides is 1. The zero-order valence-corrected chi connectivity index (χ0v) is 14.7. The Labute approximate surface area is 138 Å². The topological polar surface area (TPSA) is 3.24 Å². The molecule has 0 spiro atoms. The van der Waals surface area contributed by atoms with Crippen LogP contribution in [0.2, 0.25) is 0 Å². The third-order valence-electron chi connectivity index (χ3n) is 5.44. The first kappa shape index (κ1) is 15.6. The van der Waals surface area contributed by atoms with Crippen molar-refractivity contribution in [2.45, 2.75) is 57.9 Å². The van der Waals surface area contributed by atoms with E-state index >= 15 is 0 Å². The van der Waals surface area contributed by atoms with Crippen molar-refractivity contribution < 1.29 is 0 Å². The molecule has 1 saturated carbocycles. The third-order valence-corrected chi connectivity index (χ3v) is 6.63. The van der Waals surface area contributed by atoms with Crippen LogP contribution >= 0.6 is 15.9 Å². The van der Waals surface area contributed by atoms with Crippen molar-refractivity contribution in [1.82, 2.24) is 4.90 Å². The molecule has 1 heterocycles. The van der Waals surface area contributed by atoms with Gasteiger partial charge in [-0.3, -0.25) is 4.90 Å². The van der Waals surface area contributed by atoms with Crippen LogP contribution in [0.5, 0.6) is 0 Å². The maximum absolute atomic E-state index is 3.85. The zero-order chi connectivity index (χ0) is 14.5. The third kappa shape index (κ3) is 3.90. The summed E-state index contributed by atoms with van der Waals surface area (Å²) in [5.41, 5.74) is 3.66. The summed E-state index contributed by atoms with van der Waals surface area (Å²) in [5, 5.41) is 1.18. The van der Waals surface area contributed by atoms with Crippen LogP contribution in [0.15, 0.2) is 24.3 Å². The van der Waals surface area contributed by atoms with E-state index in [2.05, 4.69) is 45.1 Å². The van der Waals surface area contributed by atoms with Gasteiger partial charge in [0.1, 0.15) is 0 Å². The largest absolute Gasteiger partial charge is 0.298 e. The Kier molecular flexibility index (Phi) is 5.39. The lowest BCUT2D eigenvalue weighted by molar-refractivity contribution is 0.146. The van der Waals surface area contributed by atoms with Gasteiger partial charge < -0.3 is 0 Å². The summed E-state index contributed by atoms with van der Waals surface area (Å²) < 4.78 is 0. The van der Waals surface area contributed by atoms with Crippen molar-refractivity contribution >= 4 is 15.9 Å². The van der Waals surface area contributed by atoms with Crippen LogP contribution < -0.4 is 0 Å². The summed E-state index contributed by atoms with van der Waals surface area (Å²) in [6.45, 7) is 3.71. The van der Waals surface area contributed by atoms with Crippen molar-refractivity contribution in [3.8, 4) is 0 Å². The number of halogens is 1. The Morgan fingerprint density at radius 1 is 0.952 bits per heavy atom. The second-order valence-electron chi connectivity index (χ2n) is 7.13. The Balaban J connectivity index is 1.71. The molecule has 1 aliphatic heterocycles. The second kappa shape index (κ2) is 7.28. The number of aryl methyl sites for hydroxylation is 1. The van der Waals surface area contributed by atoms with Gasteiger partial charge in [0.2, 0.25) is 0 Å². The lowest BCUT2D eigenvalue weighted by atomic mass is 9.82. The molecule has 1 nitrogen and oxygen atoms in total. The van der Waals surface area contributed by atoms with Gasteiger partial charge in [0.05, 0.1) is 0 Å². The fraction of sp³-hybridized carbons (Fsp3) is 0.684. The summed E-state index contributed by atoms with van der Waals surface area (Å²) in [6.07, 6.45) is 11.1. The van der Waals surface area contributed by atoms with Crippen LogP contribution in [0.25, 0.3) is 0 Å². The minimum atomic E-state index is 0.524. The molecule has 0 N–H and O–H groups in total. The molecule has 0 aromatic heterocycles. The van der Waals surface area contributed by atoms with E-state index < -0.39 is 0 Å². The van der Waals surface area contributed by atoms with Gasteiger partial charge in [-0.15, -0.1) is 0 Å². The van der Waals surface area contributed by atoms with Crippen molar-refractivity contribution in [2.24, 2.45) is 5.41 Å². The van der Waals surface area contributed by atoms with Gasteiger partial charge in [-0.25, -0.2) is 0 Å². The molecule has 2 heteroatoms. The van der Waals surface area contributed by atoms with Crippen LogP contribution in [0, 0.1) is 5.41 Å². The molecule has 0 amide bonds. The lowest BCUT2D eigenvalue weighted by Crippen LogP contribution is -2.38. The van der Waals surface area contributed by atoms with Gasteiger partial charge in [-0.05, 0) is 48.8 Å². The summed E-state index contributed by atoms with van der Waals surface area (Å²) in [5.74, 6) is 0. The molecule has 1 aliphatic carbocycles. The molecule has 21 heavy (non-hydrogen) atoms. The van der Waals surface area contributed by atoms with Crippen LogP contribution in [0.4, 0.5) is 0 Å². The number of fused-ring (bicyclic) bond motifs is 1. The predicted molar refractivity (Wildman–Crippen MR) is 94.0 cm³/mol. The average Bonchev–Trinajstić information content (AvgIpc) is 2.86. The molecule has 0 bridgehead atoms. The molecule has 2 aliphatic rings. The van der Waals surface area contributed by atoms with Gasteiger partial charge in [0.25, 0.3) is 0 Å². The van der Waals surface area contributed by atoms with Gasteiger partial charge >= 0.3 is 0 Å². The van der Waals surface area contributed by atoms with Crippen LogP contribution in [0.1, 0.15) is 56.1 Å². The van der Waals surface area contributed by atoms with Gasteiger partial charge in [-0.2, -0.15) is 0 Å². The highest BCUT2D eigenvalue weighted by Crippen LogP contribution is 2.38. The first-order chi connectivity index (χ1) is 10.3. The fourth-order valence-corrected chi connectivity index (χ4v) is 4.93. The van der Waals surface area contributed by atoms with E-state index in [9.17, 15) is 0 Å². The van der Waals surface area contributed by atoms with Gasteiger partial charge in [0, 0.05) is 18.4 Å². The Bertz CT molecular complexity index is 449. The van der Waals surface area contributed by atoms with Crippen LogP contribution in [0.3, 0.4) is 0 Å². The zero-order valence-electron chi connectivity index (χ0n) is 13.1. The fourth-order valence-electron chi connectivity index (χ4n) is 4.19. The molecule has 1 aromatic carbocycles. The second-order valence-corrected chi connectivity index (χ2v) is 7.69. The minimum Gasteiger partial charge on any atom is -0.298 e. The number of hydrogen-bond donors (Lipinski definition) is 0. The highest BCUT2D eigenvalue weighted by atomic mass is 79.9. The summed E-state index contributed by atoms with van der Waals surface area (Å²) in [7, 11) is 0. The highest BCUT2D eigenvalue weighted by Gasteiger charge is 2.32. The normalized spacial score (nSPS) is 23.1. The van der Waals surface area contributed by atoms with Gasteiger partial charge in [-0.1, -0.05) is 65.9 Å². The molecule has 3 rings (SSSR count). The average molecular weight is 350 g/mol. The molecule has 0 unspecified atom stereocenters. The summed E-state index contributed by atoms with van der Waals surface area (Å²) in [4.78, 5) is 2.73. The van der Waals surface area contributed by atoms with Crippen molar-refractivity contribution in [2.75, 3.05) is 18.4 Å². The lowest BCUT2D eigenvalue weighted by Gasteiger charge is -2.36. The molecule has 1 fully saturated rings. The van der Waals surface area contributed by atoms with E-state index in [4.69, 9.17) is 0 Å². The standard InChI is InChI=1S/C19H28BrN/c20-15-19(11-5-1-2-6-12-19)16-21-13-7-10-17-8-3-4-9-18(17)14-21/h3-4,8-9H,1-2,5-7,10-16H2. The highest BCUT2D eigenvalue weighted by molar-refractivity contribution is 9.09. The first-order valence-electron chi connectivity index (χ1n) is 8.66. The van der Waals surface area contributed by atoms with E-state index in [-0.39, 0.29) is 0 Å². The maximum Gasteiger partial charge on any atom is 0.0236 e. The van der Waals surface area contributed by atoms with Crippen LogP contribution in [-0.4, -0.2) is 23.3 Å². The van der Waals surface area contributed by atoms with E-state index in [0.717, 1.165) is 6.54 Å². The minimum absolute atomic E-state index is 0.524. The molecule has 116 valence electrons. The molecule has 0 atom stereocenters. The Hall–Kier alpha value is -0.340. The van der Waals surface area contributed by atoms with E-state index in [1.165, 1.54) is 69.8 Å². The van der Waals surface area contributed by atoms with E-state index in [1.807, 2.05) is 0 Å². The number of benzene rings is 1. The van der Waals surface area contributed by atoms with Crippen molar-refractivity contribution in [3.63, 3.8) is 0 Å². The number of nitrogens with zero attached hydrogens (tertiary/aromatic N) is 1. The SMILES string of the molecule is BrCC1(CN2CCCc3ccccc3C2)CCCCCC1. The molecular formula is C19H28BrN. The molecule has 0 saturated heterocycles. The monoisotopic (exact) mass is 349 g/mol. The quantitative estimate of drug-likeness (QED) is 0.537. The number of hydrogen-bond acceptors (Lipinski definition) is 1. The smallest absolute Gasteiger partial charge is 0.0236 e.